The van der Waals surface area contributed by atoms with Crippen molar-refractivity contribution in [1.82, 2.24) is 4.90 Å². The number of nitrogens with zero attached hydrogens (tertiary/aromatic N) is 1. The Balaban J connectivity index is 2.03. The first-order valence-corrected chi connectivity index (χ1v) is 7.58. The molecule has 104 valence electrons. The lowest BCUT2D eigenvalue weighted by atomic mass is 10.1. The first kappa shape index (κ1) is 14.4. The highest BCUT2D eigenvalue weighted by atomic mass is 32.2. The molecule has 0 aromatic heterocycles. The summed E-state index contributed by atoms with van der Waals surface area (Å²) in [5, 5.41) is 8.95. The number of benzene rings is 1. The monoisotopic (exact) mass is 281 g/mol. The second-order valence-corrected chi connectivity index (χ2v) is 5.53. The van der Waals surface area contributed by atoms with E-state index in [9.17, 15) is 4.79 Å². The van der Waals surface area contributed by atoms with E-state index in [1.54, 1.807) is 11.8 Å². The Labute approximate surface area is 117 Å². The van der Waals surface area contributed by atoms with Gasteiger partial charge >= 0.3 is 5.97 Å². The van der Waals surface area contributed by atoms with Crippen LogP contribution in [0.4, 0.5) is 0 Å². The van der Waals surface area contributed by atoms with Crippen LogP contribution in [0, 0.1) is 0 Å². The Morgan fingerprint density at radius 1 is 1.58 bits per heavy atom. The van der Waals surface area contributed by atoms with Gasteiger partial charge in [-0.3, -0.25) is 9.69 Å². The standard InChI is InChI=1S/C14H19NO3S/c1-19-13-4-2-3-11(7-13)9-15-5-6-18-10-12(15)8-14(16)17/h2-4,7,12H,5-6,8-10H2,1H3,(H,16,17)/t12-/m1/s1. The van der Waals surface area contributed by atoms with Crippen LogP contribution in [0.2, 0.25) is 0 Å². The van der Waals surface area contributed by atoms with Gasteiger partial charge in [0, 0.05) is 24.0 Å². The molecule has 0 unspecified atom stereocenters. The van der Waals surface area contributed by atoms with Crippen molar-refractivity contribution >= 4 is 17.7 Å². The summed E-state index contributed by atoms with van der Waals surface area (Å²) in [5.74, 6) is -0.765. The van der Waals surface area contributed by atoms with Crippen LogP contribution in [0.3, 0.4) is 0 Å². The van der Waals surface area contributed by atoms with Crippen LogP contribution in [-0.2, 0) is 16.1 Å². The van der Waals surface area contributed by atoms with Gasteiger partial charge in [-0.2, -0.15) is 0 Å². The smallest absolute Gasteiger partial charge is 0.305 e. The van der Waals surface area contributed by atoms with Crippen molar-refractivity contribution in [3.8, 4) is 0 Å². The number of carboxylic acids is 1. The molecule has 2 rings (SSSR count). The molecule has 19 heavy (non-hydrogen) atoms. The van der Waals surface area contributed by atoms with Crippen LogP contribution < -0.4 is 0 Å². The average molecular weight is 281 g/mol. The van der Waals surface area contributed by atoms with Crippen molar-refractivity contribution < 1.29 is 14.6 Å². The van der Waals surface area contributed by atoms with E-state index in [1.165, 1.54) is 10.5 Å². The minimum absolute atomic E-state index is 0.0239. The molecule has 1 aromatic carbocycles. The van der Waals surface area contributed by atoms with Crippen molar-refractivity contribution in [3.05, 3.63) is 29.8 Å². The highest BCUT2D eigenvalue weighted by molar-refractivity contribution is 7.98. The summed E-state index contributed by atoms with van der Waals surface area (Å²) >= 11 is 1.72. The molecule has 4 nitrogen and oxygen atoms in total. The second-order valence-electron chi connectivity index (χ2n) is 4.65. The van der Waals surface area contributed by atoms with E-state index in [-0.39, 0.29) is 12.5 Å². The molecule has 1 atom stereocenters. The highest BCUT2D eigenvalue weighted by Gasteiger charge is 2.25. The molecule has 0 bridgehead atoms. The molecular formula is C14H19NO3S. The van der Waals surface area contributed by atoms with Crippen molar-refractivity contribution in [2.45, 2.75) is 23.9 Å². The fourth-order valence-electron chi connectivity index (χ4n) is 2.29. The molecule has 5 heteroatoms. The summed E-state index contributed by atoms with van der Waals surface area (Å²) < 4.78 is 5.39. The van der Waals surface area contributed by atoms with Crippen molar-refractivity contribution in [3.63, 3.8) is 0 Å². The van der Waals surface area contributed by atoms with E-state index >= 15 is 0 Å². The molecule has 0 amide bonds. The number of carboxylic acid groups (broad SMARTS) is 1. The molecule has 1 saturated heterocycles. The highest BCUT2D eigenvalue weighted by Crippen LogP contribution is 2.19. The van der Waals surface area contributed by atoms with Crippen LogP contribution in [0.1, 0.15) is 12.0 Å². The number of hydrogen-bond donors (Lipinski definition) is 1. The Kier molecular flexibility index (Phi) is 5.24. The topological polar surface area (TPSA) is 49.8 Å². The molecule has 0 aliphatic carbocycles. The van der Waals surface area contributed by atoms with E-state index in [2.05, 4.69) is 29.4 Å². The van der Waals surface area contributed by atoms with E-state index in [1.807, 2.05) is 6.07 Å². The third kappa shape index (κ3) is 4.23. The van der Waals surface area contributed by atoms with Crippen molar-refractivity contribution in [2.24, 2.45) is 0 Å². The first-order chi connectivity index (χ1) is 9.19. The molecule has 0 saturated carbocycles. The lowest BCUT2D eigenvalue weighted by Gasteiger charge is -2.34. The van der Waals surface area contributed by atoms with Gasteiger partial charge in [0.15, 0.2) is 0 Å². The van der Waals surface area contributed by atoms with Crippen molar-refractivity contribution in [1.29, 1.82) is 0 Å². The number of carbonyl (C=O) groups is 1. The summed E-state index contributed by atoms with van der Waals surface area (Å²) in [4.78, 5) is 14.3. The summed E-state index contributed by atoms with van der Waals surface area (Å²) in [6.07, 6.45) is 2.20. The van der Waals surface area contributed by atoms with Gasteiger partial charge in [-0.25, -0.2) is 0 Å². The molecule has 1 aromatic rings. The van der Waals surface area contributed by atoms with E-state index in [0.29, 0.717) is 13.2 Å². The summed E-state index contributed by atoms with van der Waals surface area (Å²) in [5.41, 5.74) is 1.23. The van der Waals surface area contributed by atoms with Crippen LogP contribution in [0.15, 0.2) is 29.2 Å². The predicted octanol–water partition coefficient (Wildman–Crippen LogP) is 2.08. The van der Waals surface area contributed by atoms with Gasteiger partial charge in [0.25, 0.3) is 0 Å². The van der Waals surface area contributed by atoms with Gasteiger partial charge in [0.1, 0.15) is 0 Å². The van der Waals surface area contributed by atoms with Crippen LogP contribution in [0.25, 0.3) is 0 Å². The molecule has 1 fully saturated rings. The minimum Gasteiger partial charge on any atom is -0.481 e. The van der Waals surface area contributed by atoms with Gasteiger partial charge in [-0.05, 0) is 24.0 Å². The zero-order valence-corrected chi connectivity index (χ0v) is 11.9. The summed E-state index contributed by atoms with van der Waals surface area (Å²) in [7, 11) is 0. The SMILES string of the molecule is CSc1cccc(CN2CCOC[C@H]2CC(=O)O)c1. The lowest BCUT2D eigenvalue weighted by molar-refractivity contribution is -0.140. The minimum atomic E-state index is -0.765. The molecular weight excluding hydrogens is 262 g/mol. The average Bonchev–Trinajstić information content (AvgIpc) is 2.41. The molecule has 1 heterocycles. The molecule has 1 aliphatic rings. The predicted molar refractivity (Wildman–Crippen MR) is 75.5 cm³/mol. The molecule has 1 aliphatic heterocycles. The molecule has 0 radical (unpaired) electrons. The van der Waals surface area contributed by atoms with Gasteiger partial charge in [-0.15, -0.1) is 11.8 Å². The number of ether oxygens (including phenoxy) is 1. The van der Waals surface area contributed by atoms with Gasteiger partial charge < -0.3 is 9.84 Å². The van der Waals surface area contributed by atoms with Crippen molar-refractivity contribution in [2.75, 3.05) is 26.0 Å². The van der Waals surface area contributed by atoms with Crippen LogP contribution >= 0.6 is 11.8 Å². The van der Waals surface area contributed by atoms with Gasteiger partial charge in [0.05, 0.1) is 19.6 Å². The maximum atomic E-state index is 10.9. The largest absolute Gasteiger partial charge is 0.481 e. The lowest BCUT2D eigenvalue weighted by Crippen LogP contribution is -2.45. The Morgan fingerprint density at radius 3 is 3.16 bits per heavy atom. The van der Waals surface area contributed by atoms with E-state index < -0.39 is 5.97 Å². The maximum Gasteiger partial charge on any atom is 0.305 e. The molecule has 0 spiro atoms. The fourth-order valence-corrected chi connectivity index (χ4v) is 2.78. The number of thioether (sulfide) groups is 1. The number of hydrogen-bond acceptors (Lipinski definition) is 4. The van der Waals surface area contributed by atoms with Gasteiger partial charge in [-0.1, -0.05) is 12.1 Å². The normalized spacial score (nSPS) is 20.4. The Morgan fingerprint density at radius 2 is 2.42 bits per heavy atom. The Bertz CT molecular complexity index is 438. The second kappa shape index (κ2) is 6.93. The van der Waals surface area contributed by atoms with E-state index in [4.69, 9.17) is 9.84 Å². The number of aliphatic carboxylic acids is 1. The maximum absolute atomic E-state index is 10.9. The molecule has 1 N–H and O–H groups in total. The number of rotatable bonds is 5. The van der Waals surface area contributed by atoms with Gasteiger partial charge in [0.2, 0.25) is 0 Å². The Hall–Kier alpha value is -1.04. The zero-order chi connectivity index (χ0) is 13.7. The summed E-state index contributed by atoms with van der Waals surface area (Å²) in [6.45, 7) is 2.77. The van der Waals surface area contributed by atoms with Crippen LogP contribution in [0.5, 0.6) is 0 Å². The summed E-state index contributed by atoms with van der Waals surface area (Å²) in [6, 6.07) is 8.37. The quantitative estimate of drug-likeness (QED) is 0.837. The third-order valence-corrected chi connectivity index (χ3v) is 4.00. The van der Waals surface area contributed by atoms with Crippen LogP contribution in [-0.4, -0.2) is 48.0 Å². The number of morpholine rings is 1. The fraction of sp³-hybridized carbons (Fsp3) is 0.500. The third-order valence-electron chi connectivity index (χ3n) is 3.28. The van der Waals surface area contributed by atoms with E-state index in [0.717, 1.165) is 13.1 Å². The first-order valence-electron chi connectivity index (χ1n) is 6.35. The zero-order valence-electron chi connectivity index (χ0n) is 11.0.